The molecular formula is C21H23FN6O2. The maximum atomic E-state index is 13.2. The SMILES string of the molecule is Fc1ccc(-c2noc(C3CCCN(c4cc(N5CCOCC5)ncn4)C3)n2)cc1. The van der Waals surface area contributed by atoms with E-state index in [1.54, 1.807) is 18.5 Å². The molecule has 2 aliphatic heterocycles. The van der Waals surface area contributed by atoms with Gasteiger partial charge < -0.3 is 19.1 Å². The predicted octanol–water partition coefficient (Wildman–Crippen LogP) is 2.89. The van der Waals surface area contributed by atoms with Crippen LogP contribution in [0.2, 0.25) is 0 Å². The van der Waals surface area contributed by atoms with Crippen molar-refractivity contribution in [2.45, 2.75) is 18.8 Å². The van der Waals surface area contributed by atoms with E-state index in [4.69, 9.17) is 9.26 Å². The van der Waals surface area contributed by atoms with Crippen molar-refractivity contribution in [2.75, 3.05) is 49.2 Å². The number of ether oxygens (including phenoxy) is 1. The van der Waals surface area contributed by atoms with Gasteiger partial charge in [0.15, 0.2) is 0 Å². The molecule has 2 aromatic heterocycles. The minimum absolute atomic E-state index is 0.127. The van der Waals surface area contributed by atoms with Crippen molar-refractivity contribution in [1.82, 2.24) is 20.1 Å². The number of aromatic nitrogens is 4. The molecule has 0 amide bonds. The van der Waals surface area contributed by atoms with Crippen LogP contribution in [0.3, 0.4) is 0 Å². The van der Waals surface area contributed by atoms with Crippen LogP contribution in [0.4, 0.5) is 16.0 Å². The molecule has 0 N–H and O–H groups in total. The molecule has 156 valence electrons. The number of anilines is 2. The molecule has 2 fully saturated rings. The average Bonchev–Trinajstić information content (AvgIpc) is 3.31. The van der Waals surface area contributed by atoms with Gasteiger partial charge in [-0.05, 0) is 37.1 Å². The Labute approximate surface area is 173 Å². The highest BCUT2D eigenvalue weighted by atomic mass is 19.1. The third-order valence-electron chi connectivity index (χ3n) is 5.61. The fourth-order valence-corrected chi connectivity index (χ4v) is 3.98. The number of rotatable bonds is 4. The van der Waals surface area contributed by atoms with Crippen molar-refractivity contribution in [3.8, 4) is 11.4 Å². The second-order valence-corrected chi connectivity index (χ2v) is 7.58. The first-order valence-electron chi connectivity index (χ1n) is 10.3. The molecule has 5 rings (SSSR count). The van der Waals surface area contributed by atoms with Crippen LogP contribution in [0.25, 0.3) is 11.4 Å². The number of hydrogen-bond acceptors (Lipinski definition) is 8. The van der Waals surface area contributed by atoms with Gasteiger partial charge in [0.25, 0.3) is 0 Å². The topological polar surface area (TPSA) is 80.4 Å². The quantitative estimate of drug-likeness (QED) is 0.650. The highest BCUT2D eigenvalue weighted by Crippen LogP contribution is 2.30. The second kappa shape index (κ2) is 8.35. The molecule has 0 spiro atoms. The maximum Gasteiger partial charge on any atom is 0.231 e. The number of nitrogens with zero attached hydrogens (tertiary/aromatic N) is 6. The molecule has 0 bridgehead atoms. The summed E-state index contributed by atoms with van der Waals surface area (Å²) in [5, 5.41) is 4.09. The Balaban J connectivity index is 1.31. The van der Waals surface area contributed by atoms with Gasteiger partial charge in [-0.2, -0.15) is 4.98 Å². The van der Waals surface area contributed by atoms with Crippen LogP contribution in [-0.2, 0) is 4.74 Å². The second-order valence-electron chi connectivity index (χ2n) is 7.58. The van der Waals surface area contributed by atoms with Crippen LogP contribution in [-0.4, -0.2) is 59.5 Å². The molecule has 1 aromatic carbocycles. The Morgan fingerprint density at radius 2 is 1.73 bits per heavy atom. The summed E-state index contributed by atoms with van der Waals surface area (Å²) < 4.78 is 24.1. The fraction of sp³-hybridized carbons (Fsp3) is 0.429. The van der Waals surface area contributed by atoms with Gasteiger partial charge in [0, 0.05) is 37.8 Å². The summed E-state index contributed by atoms with van der Waals surface area (Å²) in [5.41, 5.74) is 0.741. The molecule has 3 aromatic rings. The first-order chi connectivity index (χ1) is 14.8. The van der Waals surface area contributed by atoms with E-state index in [9.17, 15) is 4.39 Å². The molecule has 4 heterocycles. The van der Waals surface area contributed by atoms with Crippen molar-refractivity contribution in [2.24, 2.45) is 0 Å². The molecule has 1 unspecified atom stereocenters. The van der Waals surface area contributed by atoms with Crippen LogP contribution in [0.1, 0.15) is 24.7 Å². The number of halogens is 1. The van der Waals surface area contributed by atoms with Crippen molar-refractivity contribution in [1.29, 1.82) is 0 Å². The predicted molar refractivity (Wildman–Crippen MR) is 109 cm³/mol. The first-order valence-corrected chi connectivity index (χ1v) is 10.3. The molecule has 1 atom stereocenters. The molecule has 0 aliphatic carbocycles. The average molecular weight is 410 g/mol. The normalized spacial score (nSPS) is 19.8. The largest absolute Gasteiger partial charge is 0.378 e. The van der Waals surface area contributed by atoms with Gasteiger partial charge in [-0.3, -0.25) is 0 Å². The first kappa shape index (κ1) is 18.9. The molecule has 30 heavy (non-hydrogen) atoms. The number of hydrogen-bond donors (Lipinski definition) is 0. The zero-order valence-corrected chi connectivity index (χ0v) is 16.6. The summed E-state index contributed by atoms with van der Waals surface area (Å²) in [6, 6.07) is 8.16. The number of morpholine rings is 1. The standard InChI is InChI=1S/C21H23FN6O2/c22-17-5-3-15(4-6-17)20-25-21(30-26-20)16-2-1-7-28(13-16)19-12-18(23-14-24-19)27-8-10-29-11-9-27/h3-6,12,14,16H,1-2,7-11,13H2. The van der Waals surface area contributed by atoms with E-state index >= 15 is 0 Å². The molecule has 2 aliphatic rings. The van der Waals surface area contributed by atoms with E-state index in [2.05, 4.69) is 29.9 Å². The maximum absolute atomic E-state index is 13.2. The smallest absolute Gasteiger partial charge is 0.231 e. The molecule has 9 heteroatoms. The molecule has 2 saturated heterocycles. The molecule has 0 saturated carbocycles. The lowest BCUT2D eigenvalue weighted by Crippen LogP contribution is -2.38. The molecule has 0 radical (unpaired) electrons. The van der Waals surface area contributed by atoms with Gasteiger partial charge in [-0.25, -0.2) is 14.4 Å². The van der Waals surface area contributed by atoms with Crippen LogP contribution in [0.15, 0.2) is 41.2 Å². The Morgan fingerprint density at radius 1 is 0.967 bits per heavy atom. The summed E-state index contributed by atoms with van der Waals surface area (Å²) in [5.74, 6) is 2.78. The minimum atomic E-state index is -0.285. The van der Waals surface area contributed by atoms with Gasteiger partial charge in [0.1, 0.15) is 23.8 Å². The number of piperidine rings is 1. The van der Waals surface area contributed by atoms with Crippen molar-refractivity contribution in [3.05, 3.63) is 48.4 Å². The van der Waals surface area contributed by atoms with E-state index in [-0.39, 0.29) is 11.7 Å². The van der Waals surface area contributed by atoms with Crippen LogP contribution >= 0.6 is 0 Å². The third kappa shape index (κ3) is 3.97. The van der Waals surface area contributed by atoms with Gasteiger partial charge in [0.05, 0.1) is 19.1 Å². The lowest BCUT2D eigenvalue weighted by Gasteiger charge is -2.33. The molecule has 8 nitrogen and oxygen atoms in total. The van der Waals surface area contributed by atoms with E-state index in [0.29, 0.717) is 11.7 Å². The summed E-state index contributed by atoms with van der Waals surface area (Å²) in [4.78, 5) is 18.0. The zero-order valence-electron chi connectivity index (χ0n) is 16.6. The van der Waals surface area contributed by atoms with E-state index in [0.717, 1.165) is 69.4 Å². The zero-order chi connectivity index (χ0) is 20.3. The van der Waals surface area contributed by atoms with Gasteiger partial charge in [-0.1, -0.05) is 5.16 Å². The number of benzene rings is 1. The van der Waals surface area contributed by atoms with E-state index < -0.39 is 0 Å². The monoisotopic (exact) mass is 410 g/mol. The Kier molecular flexibility index (Phi) is 5.27. The fourth-order valence-electron chi connectivity index (χ4n) is 3.98. The Morgan fingerprint density at radius 3 is 2.53 bits per heavy atom. The summed E-state index contributed by atoms with van der Waals surface area (Å²) in [7, 11) is 0. The highest BCUT2D eigenvalue weighted by Gasteiger charge is 2.27. The summed E-state index contributed by atoms with van der Waals surface area (Å²) in [6.07, 6.45) is 3.61. The summed E-state index contributed by atoms with van der Waals surface area (Å²) >= 11 is 0. The Bertz CT molecular complexity index is 989. The van der Waals surface area contributed by atoms with Gasteiger partial charge in [0.2, 0.25) is 11.7 Å². The van der Waals surface area contributed by atoms with Crippen molar-refractivity contribution >= 4 is 11.6 Å². The van der Waals surface area contributed by atoms with Crippen LogP contribution < -0.4 is 9.80 Å². The van der Waals surface area contributed by atoms with Gasteiger partial charge in [-0.15, -0.1) is 0 Å². The minimum Gasteiger partial charge on any atom is -0.378 e. The van der Waals surface area contributed by atoms with Crippen molar-refractivity contribution in [3.63, 3.8) is 0 Å². The lowest BCUT2D eigenvalue weighted by molar-refractivity contribution is 0.122. The lowest BCUT2D eigenvalue weighted by atomic mass is 9.98. The van der Waals surface area contributed by atoms with E-state index in [1.807, 2.05) is 6.07 Å². The Hall–Kier alpha value is -3.07. The van der Waals surface area contributed by atoms with Crippen LogP contribution in [0.5, 0.6) is 0 Å². The van der Waals surface area contributed by atoms with E-state index in [1.165, 1.54) is 12.1 Å². The van der Waals surface area contributed by atoms with Crippen LogP contribution in [0, 0.1) is 5.82 Å². The summed E-state index contributed by atoms with van der Waals surface area (Å²) in [6.45, 7) is 4.80. The third-order valence-corrected chi connectivity index (χ3v) is 5.61. The van der Waals surface area contributed by atoms with Crippen molar-refractivity contribution < 1.29 is 13.7 Å². The molecular weight excluding hydrogens is 387 g/mol. The van der Waals surface area contributed by atoms with Gasteiger partial charge >= 0.3 is 0 Å². The highest BCUT2D eigenvalue weighted by molar-refractivity contribution is 5.54.